The Bertz CT molecular complexity index is 1010. The van der Waals surface area contributed by atoms with E-state index in [0.717, 1.165) is 5.69 Å². The highest BCUT2D eigenvalue weighted by Gasteiger charge is 2.10. The Hall–Kier alpha value is -4.16. The molecule has 124 valence electrons. The highest BCUT2D eigenvalue weighted by atomic mass is 16.1. The number of rotatable bonds is 4. The molecule has 0 spiro atoms. The van der Waals surface area contributed by atoms with Crippen molar-refractivity contribution in [3.63, 3.8) is 0 Å². The van der Waals surface area contributed by atoms with Gasteiger partial charge < -0.3 is 10.6 Å². The summed E-state index contributed by atoms with van der Waals surface area (Å²) in [5.41, 5.74) is 3.18. The molecule has 0 aliphatic heterocycles. The van der Waals surface area contributed by atoms with E-state index in [2.05, 4.69) is 21.7 Å². The zero-order valence-electron chi connectivity index (χ0n) is 13.6. The highest BCUT2D eigenvalue weighted by molar-refractivity contribution is 6.03. The number of anilines is 3. The Morgan fingerprint density at radius 1 is 0.885 bits per heavy atom. The second-order valence-electron chi connectivity index (χ2n) is 5.36. The first-order chi connectivity index (χ1) is 12.7. The number of carbonyl (C=O) groups excluding carboxylic acids is 1. The van der Waals surface area contributed by atoms with E-state index in [1.54, 1.807) is 66.9 Å². The zero-order chi connectivity index (χ0) is 18.4. The maximum Gasteiger partial charge on any atom is 0.274 e. The largest absolute Gasteiger partial charge is 0.354 e. The third-order valence-electron chi connectivity index (χ3n) is 3.59. The number of aromatic nitrogens is 1. The Balaban J connectivity index is 1.69. The molecule has 2 aromatic carbocycles. The fourth-order valence-corrected chi connectivity index (χ4v) is 2.27. The van der Waals surface area contributed by atoms with E-state index in [1.807, 2.05) is 6.07 Å². The van der Waals surface area contributed by atoms with Crippen LogP contribution in [0.3, 0.4) is 0 Å². The van der Waals surface area contributed by atoms with E-state index in [0.29, 0.717) is 22.5 Å². The fourth-order valence-electron chi connectivity index (χ4n) is 2.27. The van der Waals surface area contributed by atoms with Crippen LogP contribution in [0.2, 0.25) is 0 Å². The van der Waals surface area contributed by atoms with E-state index in [1.165, 1.54) is 0 Å². The van der Waals surface area contributed by atoms with E-state index in [9.17, 15) is 4.79 Å². The number of carbonyl (C=O) groups is 1. The monoisotopic (exact) mass is 339 g/mol. The molecule has 3 rings (SSSR count). The summed E-state index contributed by atoms with van der Waals surface area (Å²) in [7, 11) is 0. The van der Waals surface area contributed by atoms with Crippen LogP contribution >= 0.6 is 0 Å². The minimum absolute atomic E-state index is 0.239. The number of amides is 1. The van der Waals surface area contributed by atoms with Crippen molar-refractivity contribution in [3.05, 3.63) is 83.7 Å². The number of nitrogens with zero attached hydrogens (tertiary/aromatic N) is 3. The average Bonchev–Trinajstić information content (AvgIpc) is 2.69. The second-order valence-corrected chi connectivity index (χ2v) is 5.36. The van der Waals surface area contributed by atoms with Crippen LogP contribution in [0.25, 0.3) is 0 Å². The maximum absolute atomic E-state index is 12.3. The van der Waals surface area contributed by atoms with Crippen LogP contribution in [-0.2, 0) is 0 Å². The summed E-state index contributed by atoms with van der Waals surface area (Å²) in [6.07, 6.45) is 1.54. The molecule has 1 amide bonds. The van der Waals surface area contributed by atoms with Crippen LogP contribution in [-0.4, -0.2) is 10.9 Å². The molecule has 0 bridgehead atoms. The Kier molecular flexibility index (Phi) is 4.88. The number of nitriles is 2. The number of nitrogens with one attached hydrogen (secondary N) is 2. The lowest BCUT2D eigenvalue weighted by Crippen LogP contribution is -2.14. The summed E-state index contributed by atoms with van der Waals surface area (Å²) in [5, 5.41) is 23.7. The molecule has 0 saturated heterocycles. The number of hydrogen-bond acceptors (Lipinski definition) is 5. The predicted octanol–water partition coefficient (Wildman–Crippen LogP) is 3.82. The summed E-state index contributed by atoms with van der Waals surface area (Å²) in [4.78, 5) is 16.4. The number of benzene rings is 2. The lowest BCUT2D eigenvalue weighted by Gasteiger charge is -2.08. The summed E-state index contributed by atoms with van der Waals surface area (Å²) in [6, 6.07) is 21.2. The van der Waals surface area contributed by atoms with E-state index in [4.69, 9.17) is 10.5 Å². The molecule has 2 N–H and O–H groups in total. The van der Waals surface area contributed by atoms with Crippen molar-refractivity contribution in [1.82, 2.24) is 4.98 Å². The molecule has 1 aromatic heterocycles. The minimum atomic E-state index is -0.391. The summed E-state index contributed by atoms with van der Waals surface area (Å²) in [6.45, 7) is 0. The Labute approximate surface area is 150 Å². The molecule has 0 radical (unpaired) electrons. The third-order valence-corrected chi connectivity index (χ3v) is 3.59. The normalized spacial score (nSPS) is 9.62. The van der Waals surface area contributed by atoms with Gasteiger partial charge in [0, 0.05) is 5.69 Å². The third kappa shape index (κ3) is 3.84. The lowest BCUT2D eigenvalue weighted by atomic mass is 10.2. The molecule has 0 fully saturated rings. The first-order valence-corrected chi connectivity index (χ1v) is 7.73. The Morgan fingerprint density at radius 2 is 1.62 bits per heavy atom. The first-order valence-electron chi connectivity index (χ1n) is 7.73. The van der Waals surface area contributed by atoms with E-state index < -0.39 is 5.91 Å². The molecule has 3 aromatic rings. The van der Waals surface area contributed by atoms with Crippen LogP contribution in [0.5, 0.6) is 0 Å². The quantitative estimate of drug-likeness (QED) is 0.752. The minimum Gasteiger partial charge on any atom is -0.354 e. The van der Waals surface area contributed by atoms with Crippen LogP contribution in [0.4, 0.5) is 17.1 Å². The standard InChI is InChI=1S/C20H13N5O/c21-11-14-5-7-16(8-6-14)24-17-9-10-19(23-13-17)20(26)25-18-4-2-1-3-15(18)12-22/h1-10,13,24H,(H,25,26). The molecular weight excluding hydrogens is 326 g/mol. The van der Waals surface area contributed by atoms with Crippen LogP contribution in [0, 0.1) is 22.7 Å². The molecule has 0 atom stereocenters. The van der Waals surface area contributed by atoms with Crippen LogP contribution in [0.1, 0.15) is 21.6 Å². The number of pyridine rings is 1. The van der Waals surface area contributed by atoms with Gasteiger partial charge in [0.05, 0.1) is 34.8 Å². The lowest BCUT2D eigenvalue weighted by molar-refractivity contribution is 0.102. The fraction of sp³-hybridized carbons (Fsp3) is 0. The molecule has 0 saturated carbocycles. The van der Waals surface area contributed by atoms with Gasteiger partial charge >= 0.3 is 0 Å². The molecule has 0 aliphatic carbocycles. The van der Waals surface area contributed by atoms with Gasteiger partial charge in [-0.25, -0.2) is 4.98 Å². The highest BCUT2D eigenvalue weighted by Crippen LogP contribution is 2.18. The van der Waals surface area contributed by atoms with Gasteiger partial charge in [0.15, 0.2) is 0 Å². The Morgan fingerprint density at radius 3 is 2.27 bits per heavy atom. The zero-order valence-corrected chi connectivity index (χ0v) is 13.6. The van der Waals surface area contributed by atoms with Crippen molar-refractivity contribution >= 4 is 23.0 Å². The van der Waals surface area contributed by atoms with E-state index in [-0.39, 0.29) is 5.69 Å². The van der Waals surface area contributed by atoms with Crippen LogP contribution in [0.15, 0.2) is 66.9 Å². The van der Waals surface area contributed by atoms with E-state index >= 15 is 0 Å². The van der Waals surface area contributed by atoms with Gasteiger partial charge in [-0.2, -0.15) is 10.5 Å². The van der Waals surface area contributed by atoms with Crippen molar-refractivity contribution < 1.29 is 4.79 Å². The smallest absolute Gasteiger partial charge is 0.274 e. The topological polar surface area (TPSA) is 102 Å². The molecule has 0 aliphatic rings. The molecule has 6 nitrogen and oxygen atoms in total. The van der Waals surface area contributed by atoms with Gasteiger partial charge in [-0.3, -0.25) is 4.79 Å². The van der Waals surface area contributed by atoms with Gasteiger partial charge in [-0.1, -0.05) is 12.1 Å². The van der Waals surface area contributed by atoms with Gasteiger partial charge in [0.1, 0.15) is 11.8 Å². The summed E-state index contributed by atoms with van der Waals surface area (Å²) in [5.74, 6) is -0.391. The van der Waals surface area contributed by atoms with Gasteiger partial charge in [-0.15, -0.1) is 0 Å². The number of hydrogen-bond donors (Lipinski definition) is 2. The van der Waals surface area contributed by atoms with Crippen molar-refractivity contribution in [2.45, 2.75) is 0 Å². The molecule has 1 heterocycles. The van der Waals surface area contributed by atoms with Crippen molar-refractivity contribution in [2.24, 2.45) is 0 Å². The van der Waals surface area contributed by atoms with Gasteiger partial charge in [0.25, 0.3) is 5.91 Å². The molecular formula is C20H13N5O. The van der Waals surface area contributed by atoms with Crippen molar-refractivity contribution in [1.29, 1.82) is 10.5 Å². The average molecular weight is 339 g/mol. The SMILES string of the molecule is N#Cc1ccc(Nc2ccc(C(=O)Nc3ccccc3C#N)nc2)cc1. The number of para-hydroxylation sites is 1. The summed E-state index contributed by atoms with van der Waals surface area (Å²) >= 11 is 0. The van der Waals surface area contributed by atoms with Crippen LogP contribution < -0.4 is 10.6 Å². The van der Waals surface area contributed by atoms with Crippen molar-refractivity contribution in [2.75, 3.05) is 10.6 Å². The molecule has 6 heteroatoms. The summed E-state index contributed by atoms with van der Waals surface area (Å²) < 4.78 is 0. The van der Waals surface area contributed by atoms with Crippen molar-refractivity contribution in [3.8, 4) is 12.1 Å². The van der Waals surface area contributed by atoms with Gasteiger partial charge in [0.2, 0.25) is 0 Å². The molecule has 0 unspecified atom stereocenters. The maximum atomic E-state index is 12.3. The predicted molar refractivity (Wildman–Crippen MR) is 97.8 cm³/mol. The second kappa shape index (κ2) is 7.61. The molecule has 26 heavy (non-hydrogen) atoms. The van der Waals surface area contributed by atoms with Gasteiger partial charge in [-0.05, 0) is 48.5 Å². The first kappa shape index (κ1) is 16.7.